The summed E-state index contributed by atoms with van der Waals surface area (Å²) in [5.41, 5.74) is 11.8. The molecule has 0 N–H and O–H groups in total. The molecule has 20 heteroatoms. The Balaban J connectivity index is 0.000000176. The molecule has 0 aliphatic carbocycles. The molecular weight excluding hydrogens is 1380 g/mol. The highest BCUT2D eigenvalue weighted by Gasteiger charge is 2.38. The average Bonchev–Trinajstić information content (AvgIpc) is 4.39. The summed E-state index contributed by atoms with van der Waals surface area (Å²) in [6, 6.07) is 7.74. The van der Waals surface area contributed by atoms with Crippen LogP contribution in [-0.2, 0) is 12.8 Å². The maximum absolute atomic E-state index is 5.11. The van der Waals surface area contributed by atoms with Gasteiger partial charge in [-0.2, -0.15) is 35.0 Å². The van der Waals surface area contributed by atoms with E-state index in [1.54, 1.807) is 14.6 Å². The zero-order valence-electron chi connectivity index (χ0n) is 46.7. The second-order valence-electron chi connectivity index (χ2n) is 21.6. The van der Waals surface area contributed by atoms with Crippen molar-refractivity contribution in [2.45, 2.75) is 195 Å². The molecule has 8 nitrogen and oxygen atoms in total. The van der Waals surface area contributed by atoms with Crippen molar-refractivity contribution in [3.63, 3.8) is 0 Å². The Morgan fingerprint density at radius 1 is 0.321 bits per heavy atom. The molecule has 0 unspecified atom stereocenters. The molecule has 8 heterocycles. The first kappa shape index (κ1) is 58.2. The van der Waals surface area contributed by atoms with Crippen LogP contribution in [0.25, 0.3) is 106 Å². The van der Waals surface area contributed by atoms with Crippen molar-refractivity contribution >= 4 is 269 Å². The molecule has 0 aliphatic heterocycles. The van der Waals surface area contributed by atoms with Crippen LogP contribution in [0, 0.1) is 21.0 Å². The van der Waals surface area contributed by atoms with Gasteiger partial charge in [-0.1, -0.05) is 156 Å². The number of aryl methyl sites for hydroxylation is 4. The fourth-order valence-electron chi connectivity index (χ4n) is 13.0. The minimum absolute atomic E-state index is 1.04. The fraction of sp³-hybridized carbons (Fsp3) is 0.517. The largest absolute Gasteiger partial charge is 0.172 e. The number of thiophene rings is 4. The van der Waals surface area contributed by atoms with Crippen molar-refractivity contribution in [3.8, 4) is 0 Å². The SMILES string of the molecule is CCCCCCCCc1c(C)sc2c1c1nsnc1c1c3sc([Si](CC)(CC)CC)c(CCCCCCCC)c3c3nsnc3c21.CC[Si](CC)(CC)c1sc2c(c1I)c1nsnc1c1c3sc(C)c(I)c3c3nsnc3c21. The van der Waals surface area contributed by atoms with Crippen LogP contribution in [0.15, 0.2) is 0 Å². The van der Waals surface area contributed by atoms with Gasteiger partial charge in [-0.25, -0.2) is 0 Å². The first-order valence-electron chi connectivity index (χ1n) is 28.7. The van der Waals surface area contributed by atoms with Crippen molar-refractivity contribution in [3.05, 3.63) is 28.0 Å². The number of unbranched alkanes of at least 4 members (excludes halogenated alkanes) is 10. The third-order valence-electron chi connectivity index (χ3n) is 17.9. The molecule has 412 valence electrons. The van der Waals surface area contributed by atoms with Gasteiger partial charge < -0.3 is 0 Å². The second kappa shape index (κ2) is 24.6. The Morgan fingerprint density at radius 3 is 1.08 bits per heavy atom. The van der Waals surface area contributed by atoms with Crippen molar-refractivity contribution in [1.82, 2.24) is 35.0 Å². The summed E-state index contributed by atoms with van der Waals surface area (Å²) in [5, 5.41) is 10.4. The van der Waals surface area contributed by atoms with E-state index in [9.17, 15) is 0 Å². The van der Waals surface area contributed by atoms with E-state index in [-0.39, 0.29) is 0 Å². The monoisotopic (exact) mass is 1440 g/mol. The van der Waals surface area contributed by atoms with Crippen molar-refractivity contribution < 1.29 is 0 Å². The highest BCUT2D eigenvalue weighted by Crippen LogP contribution is 2.52. The van der Waals surface area contributed by atoms with Crippen LogP contribution < -0.4 is 9.00 Å². The maximum atomic E-state index is 5.11. The van der Waals surface area contributed by atoms with Crippen LogP contribution in [0.2, 0.25) is 36.3 Å². The smallest absolute Gasteiger partial charge is 0.115 e. The van der Waals surface area contributed by atoms with E-state index in [1.807, 2.05) is 34.0 Å². The van der Waals surface area contributed by atoms with E-state index in [0.29, 0.717) is 0 Å². The van der Waals surface area contributed by atoms with Crippen molar-refractivity contribution in [2.24, 2.45) is 0 Å². The van der Waals surface area contributed by atoms with E-state index in [4.69, 9.17) is 35.0 Å². The van der Waals surface area contributed by atoms with Crippen LogP contribution in [0.4, 0.5) is 0 Å². The quantitative estimate of drug-likeness (QED) is 0.0376. The number of fused-ring (bicyclic) bond motifs is 22. The third-order valence-corrected chi connectivity index (χ3v) is 41.9. The summed E-state index contributed by atoms with van der Waals surface area (Å²) < 4.78 is 51.2. The molecule has 0 saturated carbocycles. The minimum atomic E-state index is -1.65. The number of rotatable bonds is 22. The van der Waals surface area contributed by atoms with Crippen LogP contribution in [-0.4, -0.2) is 51.1 Å². The van der Waals surface area contributed by atoms with Gasteiger partial charge in [-0.15, -0.1) is 45.3 Å². The summed E-state index contributed by atoms with van der Waals surface area (Å²) in [4.78, 5) is 2.77. The number of hydrogen-bond acceptors (Lipinski definition) is 16. The number of hydrogen-bond donors (Lipinski definition) is 0. The third kappa shape index (κ3) is 9.60. The minimum Gasteiger partial charge on any atom is -0.172 e. The molecule has 8 aromatic heterocycles. The molecule has 12 rings (SSSR count). The molecule has 0 amide bonds. The van der Waals surface area contributed by atoms with Crippen molar-refractivity contribution in [1.29, 1.82) is 0 Å². The molecule has 0 spiro atoms. The Hall–Kier alpha value is -1.59. The standard InChI is InChI=1S/C37H52N4S4Si.C21H18I2N4S4Si/c1-7-12-14-16-18-20-22-25-24(6)42-35-27(25)31-34(41-44-38-31)30-29(35)33-32(39-45-40-33)28-26(23-21-19-17-15-13-8-2)37(43-36(28)30)46(9-3,10-4)11-5;1-5-32(6-2,7-3)21-14(23)12-18-15(24-31-27-18)9-10(20(12)29-21)16-17(26-30-25-16)11-13(22)8(4)28-19(9)11/h7-23H2,1-6H3;5-7H2,1-4H3. The molecule has 0 bridgehead atoms. The summed E-state index contributed by atoms with van der Waals surface area (Å²) in [5.74, 6) is 0. The van der Waals surface area contributed by atoms with Gasteiger partial charge in [0.1, 0.15) is 52.2 Å². The van der Waals surface area contributed by atoms with Gasteiger partial charge in [0.15, 0.2) is 0 Å². The summed E-state index contributed by atoms with van der Waals surface area (Å²) in [6.07, 6.45) is 18.1. The highest BCUT2D eigenvalue weighted by atomic mass is 127. The molecule has 0 radical (unpaired) electrons. The van der Waals surface area contributed by atoms with E-state index in [2.05, 4.69) is 126 Å². The predicted molar refractivity (Wildman–Crippen MR) is 376 cm³/mol. The van der Waals surface area contributed by atoms with Crippen LogP contribution >= 0.6 is 137 Å². The van der Waals surface area contributed by atoms with E-state index in [1.165, 1.54) is 245 Å². The normalized spacial score (nSPS) is 12.9. The Morgan fingerprint density at radius 2 is 0.628 bits per heavy atom. The number of halogens is 2. The molecule has 0 saturated heterocycles. The highest BCUT2D eigenvalue weighted by molar-refractivity contribution is 14.1. The number of aromatic nitrogens is 8. The first-order valence-corrected chi connectivity index (χ1v) is 42.3. The van der Waals surface area contributed by atoms with Crippen molar-refractivity contribution in [2.75, 3.05) is 0 Å². The number of nitrogens with zero attached hydrogens (tertiary/aromatic N) is 8. The molecule has 78 heavy (non-hydrogen) atoms. The summed E-state index contributed by atoms with van der Waals surface area (Å²) >= 11 is 18.5. The van der Waals surface area contributed by atoms with Gasteiger partial charge in [0.2, 0.25) is 0 Å². The Bertz CT molecular complexity index is 4130. The van der Waals surface area contributed by atoms with E-state index in [0.717, 1.165) is 57.0 Å². The van der Waals surface area contributed by atoms with E-state index < -0.39 is 16.1 Å². The fourth-order valence-corrected chi connectivity index (χ4v) is 34.9. The lowest BCUT2D eigenvalue weighted by Crippen LogP contribution is -2.45. The Labute approximate surface area is 521 Å². The maximum Gasteiger partial charge on any atom is 0.115 e. The first-order chi connectivity index (χ1) is 38.0. The van der Waals surface area contributed by atoms with E-state index >= 15 is 0 Å². The van der Waals surface area contributed by atoms with Crippen LogP contribution in [0.1, 0.15) is 153 Å². The topological polar surface area (TPSA) is 103 Å². The number of benzene rings is 4. The van der Waals surface area contributed by atoms with Gasteiger partial charge in [0, 0.05) is 83.3 Å². The lowest BCUT2D eigenvalue weighted by molar-refractivity contribution is 0.608. The summed E-state index contributed by atoms with van der Waals surface area (Å²) in [6.45, 7) is 23.7. The van der Waals surface area contributed by atoms with Crippen LogP contribution in [0.5, 0.6) is 0 Å². The molecule has 0 atom stereocenters. The molecule has 0 aliphatic rings. The van der Waals surface area contributed by atoms with Gasteiger partial charge >= 0.3 is 0 Å². The van der Waals surface area contributed by atoms with Gasteiger partial charge in [-0.05, 0) is 100 Å². The lowest BCUT2D eigenvalue weighted by Gasteiger charge is -2.28. The zero-order chi connectivity index (χ0) is 54.6. The molecule has 0 fully saturated rings. The van der Waals surface area contributed by atoms with Crippen LogP contribution in [0.3, 0.4) is 0 Å². The van der Waals surface area contributed by atoms with Gasteiger partial charge in [-0.3, -0.25) is 0 Å². The molecule has 4 aromatic carbocycles. The van der Waals surface area contributed by atoms with Gasteiger partial charge in [0.25, 0.3) is 0 Å². The second-order valence-corrected chi connectivity index (χ2v) is 41.5. The van der Waals surface area contributed by atoms with Gasteiger partial charge in [0.05, 0.1) is 55.0 Å². The predicted octanol–water partition coefficient (Wildman–Crippen LogP) is 21.6. The lowest BCUT2D eigenvalue weighted by atomic mass is 9.96. The Kier molecular flexibility index (Phi) is 18.3. The molecular formula is C58H70I2N8S8Si2. The summed E-state index contributed by atoms with van der Waals surface area (Å²) in [7, 11) is -3.20. The average molecular weight is 1450 g/mol. The molecule has 12 aromatic rings. The zero-order valence-corrected chi connectivity index (χ0v) is 59.6.